The molecule has 4 aliphatic rings. The number of hydrogen-bond acceptors (Lipinski definition) is 13. The van der Waals surface area contributed by atoms with Crippen LogP contribution in [0.25, 0.3) is 0 Å². The van der Waals surface area contributed by atoms with Crippen LogP contribution in [-0.4, -0.2) is 102 Å². The van der Waals surface area contributed by atoms with Crippen molar-refractivity contribution in [2.24, 2.45) is 0 Å². The molecule has 14 nitrogen and oxygen atoms in total. The number of carboxylic acids is 1. The number of carbonyl (C=O) groups excluding carboxylic acids is 4. The van der Waals surface area contributed by atoms with E-state index < -0.39 is 65.3 Å². The third-order valence-corrected chi connectivity index (χ3v) is 8.74. The number of piperidine rings is 1. The minimum absolute atomic E-state index is 0.117. The molecule has 1 aromatic carbocycles. The monoisotopic (exact) mass is 603 g/mol. The number of hydrogen-bond donors (Lipinski definition) is 2. The van der Waals surface area contributed by atoms with Crippen molar-refractivity contribution in [2.75, 3.05) is 20.7 Å². The molecule has 0 amide bonds. The second kappa shape index (κ2) is 10.8. The lowest BCUT2D eigenvalue weighted by atomic mass is 9.50. The highest BCUT2D eigenvalue weighted by atomic mass is 16.6. The summed E-state index contributed by atoms with van der Waals surface area (Å²) in [5.74, 6) is -5.28. The van der Waals surface area contributed by atoms with Crippen molar-refractivity contribution in [1.82, 2.24) is 4.90 Å². The maximum absolute atomic E-state index is 13.2. The van der Waals surface area contributed by atoms with E-state index in [1.165, 1.54) is 14.0 Å². The molecule has 2 heterocycles. The van der Waals surface area contributed by atoms with Crippen LogP contribution in [-0.2, 0) is 54.8 Å². The van der Waals surface area contributed by atoms with E-state index in [2.05, 4.69) is 9.64 Å². The molecule has 1 aromatic rings. The van der Waals surface area contributed by atoms with E-state index in [0.29, 0.717) is 30.9 Å². The summed E-state index contributed by atoms with van der Waals surface area (Å²) in [4.78, 5) is 62.8. The van der Waals surface area contributed by atoms with Gasteiger partial charge in [-0.1, -0.05) is 6.07 Å². The minimum atomic E-state index is -2.21. The molecule has 1 saturated heterocycles. The largest absolute Gasteiger partial charge is 0.493 e. The molecule has 232 valence electrons. The Morgan fingerprint density at radius 2 is 1.72 bits per heavy atom. The summed E-state index contributed by atoms with van der Waals surface area (Å²) in [5, 5.41) is 21.7. The highest BCUT2D eigenvalue weighted by molar-refractivity contribution is 5.89. The molecule has 2 bridgehead atoms. The first kappa shape index (κ1) is 30.3. The normalized spacial score (nSPS) is 28.6. The van der Waals surface area contributed by atoms with Crippen LogP contribution in [0.3, 0.4) is 0 Å². The zero-order valence-electron chi connectivity index (χ0n) is 24.3. The molecule has 2 aliphatic heterocycles. The van der Waals surface area contributed by atoms with Gasteiger partial charge in [-0.15, -0.1) is 0 Å². The molecule has 0 unspecified atom stereocenters. The van der Waals surface area contributed by atoms with Gasteiger partial charge < -0.3 is 43.5 Å². The third kappa shape index (κ3) is 4.68. The Bertz CT molecular complexity index is 1420. The molecule has 0 saturated carbocycles. The highest BCUT2D eigenvalue weighted by Crippen LogP contribution is 2.65. The lowest BCUT2D eigenvalue weighted by Gasteiger charge is -2.61. The molecule has 2 aliphatic carbocycles. The second-order valence-corrected chi connectivity index (χ2v) is 11.2. The summed E-state index contributed by atoms with van der Waals surface area (Å²) in [7, 11) is 3.48. The number of ether oxygens (including phenoxy) is 6. The Hall–Kier alpha value is -4.17. The number of carboxylic acid groups (broad SMARTS) is 1. The van der Waals surface area contributed by atoms with Crippen molar-refractivity contribution < 1.29 is 62.6 Å². The Labute approximate surface area is 246 Å². The van der Waals surface area contributed by atoms with Crippen LogP contribution in [0.15, 0.2) is 24.0 Å². The fourth-order valence-corrected chi connectivity index (χ4v) is 6.91. The summed E-state index contributed by atoms with van der Waals surface area (Å²) in [5.41, 5.74) is -0.334. The fourth-order valence-electron chi connectivity index (χ4n) is 6.91. The van der Waals surface area contributed by atoms with E-state index in [9.17, 15) is 34.2 Å². The summed E-state index contributed by atoms with van der Waals surface area (Å²) >= 11 is 0. The van der Waals surface area contributed by atoms with Crippen LogP contribution in [0.5, 0.6) is 11.5 Å². The van der Waals surface area contributed by atoms with E-state index in [1.807, 2.05) is 13.1 Å². The number of carbonyl (C=O) groups is 5. The topological polar surface area (TPSA) is 184 Å². The Morgan fingerprint density at radius 1 is 1.05 bits per heavy atom. The van der Waals surface area contributed by atoms with Crippen molar-refractivity contribution in [1.29, 1.82) is 0 Å². The average molecular weight is 604 g/mol. The van der Waals surface area contributed by atoms with Gasteiger partial charge in [0, 0.05) is 31.9 Å². The Kier molecular flexibility index (Phi) is 7.63. The first-order chi connectivity index (χ1) is 20.2. The smallest absolute Gasteiger partial charge is 0.352 e. The molecule has 43 heavy (non-hydrogen) atoms. The van der Waals surface area contributed by atoms with Crippen molar-refractivity contribution in [3.8, 4) is 11.5 Å². The van der Waals surface area contributed by atoms with Crippen molar-refractivity contribution in [2.45, 2.75) is 81.5 Å². The van der Waals surface area contributed by atoms with Gasteiger partial charge in [-0.2, -0.15) is 0 Å². The number of likely N-dealkylation sites (N-methyl/N-ethyl adjacent to an activating group) is 1. The van der Waals surface area contributed by atoms with Crippen LogP contribution in [0.1, 0.15) is 44.7 Å². The average Bonchev–Trinajstić information content (AvgIpc) is 3.29. The van der Waals surface area contributed by atoms with Gasteiger partial charge in [-0.3, -0.25) is 9.59 Å². The van der Waals surface area contributed by atoms with E-state index in [1.54, 1.807) is 12.1 Å². The first-order valence-corrected chi connectivity index (χ1v) is 13.7. The molecule has 5 rings (SSSR count). The number of aliphatic carboxylic acids is 1. The lowest BCUT2D eigenvalue weighted by Crippen LogP contribution is -2.74. The van der Waals surface area contributed by atoms with Crippen molar-refractivity contribution in [3.63, 3.8) is 0 Å². The van der Waals surface area contributed by atoms with Crippen molar-refractivity contribution in [3.05, 3.63) is 35.1 Å². The molecule has 2 N–H and O–H groups in total. The number of esters is 4. The molecule has 0 radical (unpaired) electrons. The zero-order chi connectivity index (χ0) is 31.4. The molecule has 1 fully saturated rings. The van der Waals surface area contributed by atoms with Crippen LogP contribution in [0, 0.1) is 0 Å². The van der Waals surface area contributed by atoms with Gasteiger partial charge in [0.2, 0.25) is 12.2 Å². The Morgan fingerprint density at radius 3 is 2.35 bits per heavy atom. The molecule has 1 spiro atoms. The van der Waals surface area contributed by atoms with E-state index >= 15 is 0 Å². The van der Waals surface area contributed by atoms with Gasteiger partial charge in [0.25, 0.3) is 0 Å². The highest BCUT2D eigenvalue weighted by Gasteiger charge is 2.72. The van der Waals surface area contributed by atoms with Gasteiger partial charge in [-0.25, -0.2) is 14.4 Å². The maximum Gasteiger partial charge on any atom is 0.352 e. The quantitative estimate of drug-likeness (QED) is 0.292. The number of methoxy groups -OCH3 is 1. The van der Waals surface area contributed by atoms with Gasteiger partial charge in [0.15, 0.2) is 23.7 Å². The zero-order valence-corrected chi connectivity index (χ0v) is 24.3. The van der Waals surface area contributed by atoms with Crippen LogP contribution >= 0.6 is 0 Å². The molecule has 0 aromatic heterocycles. The minimum Gasteiger partial charge on any atom is -0.493 e. The second-order valence-electron chi connectivity index (χ2n) is 11.2. The number of benzene rings is 1. The number of nitrogens with zero attached hydrogens (tertiary/aromatic N) is 1. The molecular formula is C29H33NO13. The van der Waals surface area contributed by atoms with E-state index in [0.717, 1.165) is 25.0 Å². The first-order valence-electron chi connectivity index (χ1n) is 13.7. The van der Waals surface area contributed by atoms with E-state index in [4.69, 9.17) is 23.7 Å². The summed E-state index contributed by atoms with van der Waals surface area (Å²) in [6, 6.07) is 3.55. The molecule has 7 atom stereocenters. The summed E-state index contributed by atoms with van der Waals surface area (Å²) in [6.45, 7) is 3.66. The third-order valence-electron chi connectivity index (χ3n) is 8.74. The van der Waals surface area contributed by atoms with Gasteiger partial charge in [0.1, 0.15) is 5.76 Å². The summed E-state index contributed by atoms with van der Waals surface area (Å²) < 4.78 is 32.2. The van der Waals surface area contributed by atoms with Gasteiger partial charge in [-0.05, 0) is 51.1 Å². The number of rotatable bonds is 9. The van der Waals surface area contributed by atoms with Gasteiger partial charge >= 0.3 is 29.8 Å². The van der Waals surface area contributed by atoms with Crippen molar-refractivity contribution >= 4 is 29.8 Å². The number of aliphatic hydroxyl groups is 1. The Balaban J connectivity index is 1.40. The maximum atomic E-state index is 13.2. The predicted molar refractivity (Wildman–Crippen MR) is 142 cm³/mol. The predicted octanol–water partition coefficient (Wildman–Crippen LogP) is 0.396. The molecular weight excluding hydrogens is 570 g/mol. The number of likely N-dealkylation sites (tertiary alicyclic amines) is 1. The SMILES string of the molecule is COc1ccc2c3c1O[C@H]1C(OC(=O)[C@H](C)OC(=O)[C@H](OC(C)=O)[C@@H](OC(C)=O)C(=O)O)=CC[C@@]4(O)[C@@H](C2)N(C)CC[C@]314. The van der Waals surface area contributed by atoms with Crippen LogP contribution < -0.4 is 9.47 Å². The van der Waals surface area contributed by atoms with E-state index in [-0.39, 0.29) is 18.2 Å². The lowest BCUT2D eigenvalue weighted by molar-refractivity contribution is -0.193. The van der Waals surface area contributed by atoms with Crippen LogP contribution in [0.2, 0.25) is 0 Å². The molecule has 14 heteroatoms. The van der Waals surface area contributed by atoms with Crippen LogP contribution in [0.4, 0.5) is 0 Å². The standard InChI is InChI=1S/C29H33NO13/c1-13(39-27(36)23(41-15(3)32)22(25(33)34)40-14(2)31)26(35)42-18-8-9-29(37)19-12-16-6-7-17(38-5)21-20(16)28(29,24(18)43-21)10-11-30(19)4/h6-8,13,19,22-24,37H,9-12H2,1-5H3,(H,33,34)/t13-,19+,22+,23+,24-,28-,29+/m0/s1. The van der Waals surface area contributed by atoms with Gasteiger partial charge in [0.05, 0.1) is 18.1 Å². The fraction of sp³-hybridized carbons (Fsp3) is 0.552. The summed E-state index contributed by atoms with van der Waals surface area (Å²) in [6.07, 6.45) is -4.05.